The Bertz CT molecular complexity index is 854. The number of unbranched alkanes of at least 4 members (excludes halogenated alkanes) is 4. The van der Waals surface area contributed by atoms with Gasteiger partial charge in [0.15, 0.2) is 0 Å². The van der Waals surface area contributed by atoms with Gasteiger partial charge in [-0.1, -0.05) is 62.9 Å². The highest BCUT2D eigenvalue weighted by Gasteiger charge is 2.15. The van der Waals surface area contributed by atoms with Crippen LogP contribution in [0.15, 0.2) is 60.8 Å². The quantitative estimate of drug-likeness (QED) is 0.361. The molecular formula is C25H32N2O. The van der Waals surface area contributed by atoms with Crippen LogP contribution in [0.4, 0.5) is 0 Å². The van der Waals surface area contributed by atoms with Crippen molar-refractivity contribution in [3.63, 3.8) is 0 Å². The van der Waals surface area contributed by atoms with Crippen molar-refractivity contribution in [2.24, 2.45) is 0 Å². The SMILES string of the molecule is CCCCCCCNC(c1ccccc1)c1c[nH]c(-c2ccc(O)c(C)c2)c1. The van der Waals surface area contributed by atoms with Gasteiger partial charge in [0.2, 0.25) is 0 Å². The number of aromatic hydroxyl groups is 1. The largest absolute Gasteiger partial charge is 0.508 e. The van der Waals surface area contributed by atoms with E-state index in [1.165, 1.54) is 43.2 Å². The molecule has 0 fully saturated rings. The molecule has 1 atom stereocenters. The Morgan fingerprint density at radius 3 is 2.46 bits per heavy atom. The zero-order valence-electron chi connectivity index (χ0n) is 17.0. The van der Waals surface area contributed by atoms with Crippen LogP contribution in [0.1, 0.15) is 61.8 Å². The van der Waals surface area contributed by atoms with Crippen LogP contribution in [0.25, 0.3) is 11.3 Å². The van der Waals surface area contributed by atoms with E-state index in [1.54, 1.807) is 6.07 Å². The summed E-state index contributed by atoms with van der Waals surface area (Å²) in [7, 11) is 0. The normalized spacial score (nSPS) is 12.2. The lowest BCUT2D eigenvalue weighted by Crippen LogP contribution is -2.23. The van der Waals surface area contributed by atoms with E-state index in [9.17, 15) is 5.11 Å². The number of hydrogen-bond donors (Lipinski definition) is 3. The number of H-pyrrole nitrogens is 1. The van der Waals surface area contributed by atoms with E-state index in [0.717, 1.165) is 23.4 Å². The Labute approximate surface area is 168 Å². The van der Waals surface area contributed by atoms with Gasteiger partial charge in [0.05, 0.1) is 6.04 Å². The minimum atomic E-state index is 0.176. The second kappa shape index (κ2) is 10.1. The number of aromatic amines is 1. The molecule has 0 aliphatic carbocycles. The average molecular weight is 377 g/mol. The van der Waals surface area contributed by atoms with Crippen LogP contribution in [0.5, 0.6) is 5.75 Å². The molecule has 0 aliphatic rings. The van der Waals surface area contributed by atoms with Crippen LogP contribution >= 0.6 is 0 Å². The molecule has 148 valence electrons. The number of aryl methyl sites for hydroxylation is 1. The molecule has 3 nitrogen and oxygen atoms in total. The molecule has 3 heteroatoms. The van der Waals surface area contributed by atoms with Crippen LogP contribution in [-0.4, -0.2) is 16.6 Å². The highest BCUT2D eigenvalue weighted by Crippen LogP contribution is 2.29. The molecule has 3 N–H and O–H groups in total. The van der Waals surface area contributed by atoms with E-state index in [-0.39, 0.29) is 6.04 Å². The first-order chi connectivity index (χ1) is 13.7. The Kier molecular flexibility index (Phi) is 7.32. The fraction of sp³-hybridized carbons (Fsp3) is 0.360. The molecular weight excluding hydrogens is 344 g/mol. The molecule has 0 aliphatic heterocycles. The topological polar surface area (TPSA) is 48.0 Å². The molecule has 0 amide bonds. The zero-order valence-corrected chi connectivity index (χ0v) is 17.0. The maximum atomic E-state index is 9.79. The average Bonchev–Trinajstić information content (AvgIpc) is 3.20. The lowest BCUT2D eigenvalue weighted by Gasteiger charge is -2.18. The van der Waals surface area contributed by atoms with Crippen molar-refractivity contribution in [3.8, 4) is 17.0 Å². The van der Waals surface area contributed by atoms with Crippen LogP contribution < -0.4 is 5.32 Å². The molecule has 1 aromatic heterocycles. The molecule has 3 aromatic rings. The lowest BCUT2D eigenvalue weighted by atomic mass is 9.99. The fourth-order valence-corrected chi connectivity index (χ4v) is 3.62. The maximum Gasteiger partial charge on any atom is 0.118 e. The zero-order chi connectivity index (χ0) is 19.8. The smallest absolute Gasteiger partial charge is 0.118 e. The lowest BCUT2D eigenvalue weighted by molar-refractivity contribution is 0.471. The molecule has 0 spiro atoms. The third-order valence-corrected chi connectivity index (χ3v) is 5.31. The van der Waals surface area contributed by atoms with Gasteiger partial charge >= 0.3 is 0 Å². The van der Waals surface area contributed by atoms with Crippen molar-refractivity contribution in [2.45, 2.75) is 52.0 Å². The van der Waals surface area contributed by atoms with E-state index in [4.69, 9.17) is 0 Å². The number of hydrogen-bond acceptors (Lipinski definition) is 2. The second-order valence-electron chi connectivity index (χ2n) is 7.56. The molecule has 2 aromatic carbocycles. The summed E-state index contributed by atoms with van der Waals surface area (Å²) in [6.07, 6.45) is 8.52. The number of nitrogens with one attached hydrogen (secondary N) is 2. The summed E-state index contributed by atoms with van der Waals surface area (Å²) >= 11 is 0. The van der Waals surface area contributed by atoms with Crippen LogP contribution in [0, 0.1) is 6.92 Å². The van der Waals surface area contributed by atoms with E-state index in [0.29, 0.717) is 5.75 Å². The molecule has 3 rings (SSSR count). The van der Waals surface area contributed by atoms with Gasteiger partial charge in [-0.05, 0) is 66.4 Å². The van der Waals surface area contributed by atoms with Gasteiger partial charge in [-0.2, -0.15) is 0 Å². The minimum Gasteiger partial charge on any atom is -0.508 e. The predicted octanol–water partition coefficient (Wildman–Crippen LogP) is 6.35. The van der Waals surface area contributed by atoms with Crippen LogP contribution in [0.2, 0.25) is 0 Å². The molecule has 0 bridgehead atoms. The summed E-state index contributed by atoms with van der Waals surface area (Å²) in [6.45, 7) is 5.19. The molecule has 1 heterocycles. The second-order valence-corrected chi connectivity index (χ2v) is 7.56. The van der Waals surface area contributed by atoms with Crippen molar-refractivity contribution in [1.82, 2.24) is 10.3 Å². The van der Waals surface area contributed by atoms with Crippen LogP contribution in [-0.2, 0) is 0 Å². The first-order valence-corrected chi connectivity index (χ1v) is 10.5. The monoisotopic (exact) mass is 376 g/mol. The Hall–Kier alpha value is -2.52. The van der Waals surface area contributed by atoms with E-state index in [2.05, 4.69) is 59.8 Å². The summed E-state index contributed by atoms with van der Waals surface area (Å²) in [5, 5.41) is 13.5. The third-order valence-electron chi connectivity index (χ3n) is 5.31. The predicted molar refractivity (Wildman–Crippen MR) is 118 cm³/mol. The minimum absolute atomic E-state index is 0.176. The van der Waals surface area contributed by atoms with E-state index < -0.39 is 0 Å². The molecule has 0 saturated heterocycles. The summed E-state index contributed by atoms with van der Waals surface area (Å²) in [5.41, 5.74) is 5.57. The third kappa shape index (κ3) is 5.26. The van der Waals surface area contributed by atoms with Crippen molar-refractivity contribution < 1.29 is 5.11 Å². The first-order valence-electron chi connectivity index (χ1n) is 10.5. The number of rotatable bonds is 10. The maximum absolute atomic E-state index is 9.79. The van der Waals surface area contributed by atoms with Gasteiger partial charge in [0, 0.05) is 11.9 Å². The van der Waals surface area contributed by atoms with Gasteiger partial charge in [-0.25, -0.2) is 0 Å². The van der Waals surface area contributed by atoms with E-state index in [1.807, 2.05) is 19.1 Å². The summed E-state index contributed by atoms with van der Waals surface area (Å²) < 4.78 is 0. The fourth-order valence-electron chi connectivity index (χ4n) is 3.62. The molecule has 0 saturated carbocycles. The van der Waals surface area contributed by atoms with Crippen LogP contribution in [0.3, 0.4) is 0 Å². The van der Waals surface area contributed by atoms with Crippen molar-refractivity contribution in [1.29, 1.82) is 0 Å². The number of benzene rings is 2. The molecule has 0 radical (unpaired) electrons. The van der Waals surface area contributed by atoms with Gasteiger partial charge in [0.1, 0.15) is 5.75 Å². The summed E-state index contributed by atoms with van der Waals surface area (Å²) in [6, 6.07) is 18.8. The van der Waals surface area contributed by atoms with Gasteiger partial charge in [0.25, 0.3) is 0 Å². The van der Waals surface area contributed by atoms with Gasteiger partial charge < -0.3 is 15.4 Å². The van der Waals surface area contributed by atoms with Crippen molar-refractivity contribution in [3.05, 3.63) is 77.5 Å². The first kappa shape index (κ1) is 20.2. The Morgan fingerprint density at radius 1 is 0.929 bits per heavy atom. The van der Waals surface area contributed by atoms with Gasteiger partial charge in [-0.3, -0.25) is 0 Å². The number of phenols is 1. The number of phenolic OH excluding ortho intramolecular Hbond substituents is 1. The molecule has 1 unspecified atom stereocenters. The Balaban J connectivity index is 1.75. The standard InChI is InChI=1S/C25H32N2O/c1-3-4-5-6-10-15-26-25(20-11-8-7-9-12-20)22-17-23(27-18-22)21-13-14-24(28)19(2)16-21/h7-9,11-14,16-18,25-28H,3-6,10,15H2,1-2H3. The van der Waals surface area contributed by atoms with Crippen molar-refractivity contribution in [2.75, 3.05) is 6.54 Å². The highest BCUT2D eigenvalue weighted by molar-refractivity contribution is 5.63. The van der Waals surface area contributed by atoms with Gasteiger partial charge in [-0.15, -0.1) is 0 Å². The molecule has 28 heavy (non-hydrogen) atoms. The van der Waals surface area contributed by atoms with E-state index >= 15 is 0 Å². The summed E-state index contributed by atoms with van der Waals surface area (Å²) in [5.74, 6) is 0.336. The number of aromatic nitrogens is 1. The summed E-state index contributed by atoms with van der Waals surface area (Å²) in [4.78, 5) is 3.42. The Morgan fingerprint density at radius 2 is 1.71 bits per heavy atom. The highest BCUT2D eigenvalue weighted by atomic mass is 16.3. The van der Waals surface area contributed by atoms with Crippen molar-refractivity contribution >= 4 is 0 Å².